The van der Waals surface area contributed by atoms with Gasteiger partial charge in [-0.1, -0.05) is 5.21 Å². The van der Waals surface area contributed by atoms with Crippen molar-refractivity contribution in [3.05, 3.63) is 41.7 Å². The predicted molar refractivity (Wildman–Crippen MR) is 75.3 cm³/mol. The number of anilines is 1. The second-order valence-corrected chi connectivity index (χ2v) is 5.03. The molecule has 2 aromatic rings. The Hall–Kier alpha value is -2.37. The molecule has 0 atom stereocenters. The molecule has 1 fully saturated rings. The van der Waals surface area contributed by atoms with Gasteiger partial charge in [-0.05, 0) is 37.1 Å². The Balaban J connectivity index is 1.58. The van der Waals surface area contributed by atoms with Crippen molar-refractivity contribution < 1.29 is 4.79 Å². The van der Waals surface area contributed by atoms with Gasteiger partial charge in [-0.15, -0.1) is 5.10 Å². The fourth-order valence-corrected chi connectivity index (χ4v) is 1.90. The maximum atomic E-state index is 11.8. The summed E-state index contributed by atoms with van der Waals surface area (Å²) in [5, 5.41) is 13.9. The number of nitrogens with zero attached hydrogens (tertiary/aromatic N) is 3. The number of amides is 1. The predicted octanol–water partition coefficient (Wildman–Crippen LogP) is 1.32. The third kappa shape index (κ3) is 2.96. The maximum Gasteiger partial charge on any atom is 0.251 e. The third-order valence-electron chi connectivity index (χ3n) is 3.34. The molecule has 0 aliphatic heterocycles. The molecule has 20 heavy (non-hydrogen) atoms. The van der Waals surface area contributed by atoms with Crippen LogP contribution in [0.1, 0.15) is 28.9 Å². The Labute approximate surface area is 117 Å². The first kappa shape index (κ1) is 12.7. The van der Waals surface area contributed by atoms with E-state index in [2.05, 4.69) is 20.9 Å². The van der Waals surface area contributed by atoms with Crippen LogP contribution in [0.15, 0.2) is 30.5 Å². The van der Waals surface area contributed by atoms with E-state index in [4.69, 9.17) is 0 Å². The van der Waals surface area contributed by atoms with E-state index in [1.807, 2.05) is 31.3 Å². The zero-order valence-corrected chi connectivity index (χ0v) is 11.3. The summed E-state index contributed by atoms with van der Waals surface area (Å²) in [6, 6.07) is 7.87. The summed E-state index contributed by atoms with van der Waals surface area (Å²) in [5.41, 5.74) is 2.67. The highest BCUT2D eigenvalue weighted by Gasteiger charge is 2.23. The highest BCUT2D eigenvalue weighted by molar-refractivity contribution is 5.94. The molecule has 6 nitrogen and oxygen atoms in total. The number of nitrogens with one attached hydrogen (secondary N) is 2. The van der Waals surface area contributed by atoms with Crippen molar-refractivity contribution in [3.63, 3.8) is 0 Å². The van der Waals surface area contributed by atoms with Gasteiger partial charge in [0.25, 0.3) is 5.91 Å². The van der Waals surface area contributed by atoms with Gasteiger partial charge in [0.2, 0.25) is 0 Å². The molecule has 0 bridgehead atoms. The molecule has 2 N–H and O–H groups in total. The van der Waals surface area contributed by atoms with Gasteiger partial charge in [0.15, 0.2) is 0 Å². The lowest BCUT2D eigenvalue weighted by atomic mass is 10.2. The molecule has 6 heteroatoms. The van der Waals surface area contributed by atoms with Crippen molar-refractivity contribution in [2.45, 2.75) is 25.4 Å². The number of hydrogen-bond acceptors (Lipinski definition) is 4. The Morgan fingerprint density at radius 3 is 2.70 bits per heavy atom. The van der Waals surface area contributed by atoms with Gasteiger partial charge in [0.1, 0.15) is 0 Å². The third-order valence-corrected chi connectivity index (χ3v) is 3.34. The Morgan fingerprint density at radius 2 is 2.10 bits per heavy atom. The zero-order chi connectivity index (χ0) is 13.9. The molecule has 0 unspecified atom stereocenters. The normalized spacial score (nSPS) is 14.1. The van der Waals surface area contributed by atoms with E-state index >= 15 is 0 Å². The van der Waals surface area contributed by atoms with Gasteiger partial charge < -0.3 is 10.6 Å². The smallest absolute Gasteiger partial charge is 0.251 e. The average molecular weight is 271 g/mol. The van der Waals surface area contributed by atoms with Crippen molar-refractivity contribution >= 4 is 11.6 Å². The highest BCUT2D eigenvalue weighted by Crippen LogP contribution is 2.19. The lowest BCUT2D eigenvalue weighted by molar-refractivity contribution is 0.0951. The molecule has 1 aromatic heterocycles. The first-order chi connectivity index (χ1) is 9.72. The summed E-state index contributed by atoms with van der Waals surface area (Å²) >= 11 is 0. The summed E-state index contributed by atoms with van der Waals surface area (Å²) in [6.07, 6.45) is 3.93. The van der Waals surface area contributed by atoms with Crippen LogP contribution >= 0.6 is 0 Å². The SMILES string of the molecule is Cn1nncc1CNc1ccc(C(=O)NC2CC2)cc1. The number of carbonyl (C=O) groups is 1. The van der Waals surface area contributed by atoms with Crippen molar-refractivity contribution in [2.24, 2.45) is 7.05 Å². The molecule has 0 radical (unpaired) electrons. The minimum Gasteiger partial charge on any atom is -0.379 e. The Bertz CT molecular complexity index is 600. The average Bonchev–Trinajstić information content (AvgIpc) is 3.18. The summed E-state index contributed by atoms with van der Waals surface area (Å²) in [6.45, 7) is 0.650. The number of benzene rings is 1. The molecule has 1 amide bonds. The number of aromatic nitrogens is 3. The second kappa shape index (κ2) is 5.32. The lowest BCUT2D eigenvalue weighted by Crippen LogP contribution is -2.25. The Kier molecular flexibility index (Phi) is 3.37. The van der Waals surface area contributed by atoms with Gasteiger partial charge in [0, 0.05) is 24.3 Å². The summed E-state index contributed by atoms with van der Waals surface area (Å²) < 4.78 is 1.73. The van der Waals surface area contributed by atoms with Gasteiger partial charge in [-0.25, -0.2) is 0 Å². The zero-order valence-electron chi connectivity index (χ0n) is 11.3. The summed E-state index contributed by atoms with van der Waals surface area (Å²) in [5.74, 6) is 0.00915. The van der Waals surface area contributed by atoms with E-state index < -0.39 is 0 Å². The minimum absolute atomic E-state index is 0.00915. The molecule has 1 heterocycles. The van der Waals surface area contributed by atoms with E-state index in [0.717, 1.165) is 24.2 Å². The number of carbonyl (C=O) groups excluding carboxylic acids is 1. The van der Waals surface area contributed by atoms with E-state index in [9.17, 15) is 4.79 Å². The van der Waals surface area contributed by atoms with E-state index in [-0.39, 0.29) is 5.91 Å². The molecule has 104 valence electrons. The molecule has 0 spiro atoms. The molecular weight excluding hydrogens is 254 g/mol. The van der Waals surface area contributed by atoms with Crippen LogP contribution in [0.2, 0.25) is 0 Å². The molecule has 3 rings (SSSR count). The van der Waals surface area contributed by atoms with Crippen molar-refractivity contribution in [1.29, 1.82) is 0 Å². The summed E-state index contributed by atoms with van der Waals surface area (Å²) in [4.78, 5) is 11.8. The topological polar surface area (TPSA) is 71.8 Å². The van der Waals surface area contributed by atoms with Crippen LogP contribution in [0.3, 0.4) is 0 Å². The first-order valence-corrected chi connectivity index (χ1v) is 6.71. The fourth-order valence-electron chi connectivity index (χ4n) is 1.90. The van der Waals surface area contributed by atoms with Crippen LogP contribution in [0.5, 0.6) is 0 Å². The van der Waals surface area contributed by atoms with Crippen LogP contribution in [0.4, 0.5) is 5.69 Å². The maximum absolute atomic E-state index is 11.8. The molecule has 1 aliphatic rings. The van der Waals surface area contributed by atoms with Gasteiger partial charge in [-0.3, -0.25) is 9.48 Å². The minimum atomic E-state index is 0.00915. The number of rotatable bonds is 5. The van der Waals surface area contributed by atoms with E-state index in [1.54, 1.807) is 10.9 Å². The first-order valence-electron chi connectivity index (χ1n) is 6.71. The van der Waals surface area contributed by atoms with Crippen LogP contribution in [0, 0.1) is 0 Å². The van der Waals surface area contributed by atoms with E-state index in [1.165, 1.54) is 0 Å². The van der Waals surface area contributed by atoms with Crippen LogP contribution in [0.25, 0.3) is 0 Å². The standard InChI is InChI=1S/C14H17N5O/c1-19-13(9-16-18-19)8-15-11-4-2-10(3-5-11)14(20)17-12-6-7-12/h2-5,9,12,15H,6-8H2,1H3,(H,17,20). The molecule has 1 aliphatic carbocycles. The fraction of sp³-hybridized carbons (Fsp3) is 0.357. The molecule has 1 saturated carbocycles. The van der Waals surface area contributed by atoms with Crippen LogP contribution in [-0.4, -0.2) is 26.9 Å². The summed E-state index contributed by atoms with van der Waals surface area (Å²) in [7, 11) is 1.86. The number of aryl methyl sites for hydroxylation is 1. The second-order valence-electron chi connectivity index (χ2n) is 5.03. The van der Waals surface area contributed by atoms with Gasteiger partial charge in [0.05, 0.1) is 18.4 Å². The monoisotopic (exact) mass is 271 g/mol. The van der Waals surface area contributed by atoms with E-state index in [0.29, 0.717) is 18.2 Å². The largest absolute Gasteiger partial charge is 0.379 e. The molecule has 1 aromatic carbocycles. The quantitative estimate of drug-likeness (QED) is 0.860. The lowest BCUT2D eigenvalue weighted by Gasteiger charge is -2.07. The van der Waals surface area contributed by atoms with Crippen molar-refractivity contribution in [2.75, 3.05) is 5.32 Å². The highest BCUT2D eigenvalue weighted by atomic mass is 16.1. The molecular formula is C14H17N5O. The van der Waals surface area contributed by atoms with Gasteiger partial charge >= 0.3 is 0 Å². The van der Waals surface area contributed by atoms with Crippen LogP contribution < -0.4 is 10.6 Å². The van der Waals surface area contributed by atoms with Crippen molar-refractivity contribution in [3.8, 4) is 0 Å². The van der Waals surface area contributed by atoms with Gasteiger partial charge in [-0.2, -0.15) is 0 Å². The van der Waals surface area contributed by atoms with Crippen LogP contribution in [-0.2, 0) is 13.6 Å². The van der Waals surface area contributed by atoms with Crippen molar-refractivity contribution in [1.82, 2.24) is 20.3 Å². The Morgan fingerprint density at radius 1 is 1.35 bits per heavy atom. The molecule has 0 saturated heterocycles. The number of hydrogen-bond donors (Lipinski definition) is 2.